The molecule has 162 valence electrons. The van der Waals surface area contributed by atoms with Crippen molar-refractivity contribution in [1.82, 2.24) is 20.2 Å². The zero-order valence-electron chi connectivity index (χ0n) is 17.9. The molecule has 0 unspecified atom stereocenters. The van der Waals surface area contributed by atoms with Crippen molar-refractivity contribution in [3.05, 3.63) is 72.3 Å². The molecule has 0 aliphatic rings. The average Bonchev–Trinajstić information content (AvgIpc) is 3.26. The average molecular weight is 446 g/mol. The molecule has 4 rings (SSSR count). The molecule has 0 spiro atoms. The Hall–Kier alpha value is -3.65. The van der Waals surface area contributed by atoms with Crippen LogP contribution in [0.3, 0.4) is 0 Å². The predicted octanol–water partition coefficient (Wildman–Crippen LogP) is 4.37. The van der Waals surface area contributed by atoms with Crippen molar-refractivity contribution in [2.75, 3.05) is 12.9 Å². The van der Waals surface area contributed by atoms with Crippen LogP contribution in [0.5, 0.6) is 5.75 Å². The van der Waals surface area contributed by atoms with Crippen LogP contribution in [0.15, 0.2) is 77.0 Å². The number of thioether (sulfide) groups is 1. The largest absolute Gasteiger partial charge is 0.497 e. The van der Waals surface area contributed by atoms with E-state index in [2.05, 4.69) is 20.7 Å². The highest BCUT2D eigenvalue weighted by molar-refractivity contribution is 7.99. The van der Waals surface area contributed by atoms with Gasteiger partial charge in [0.15, 0.2) is 11.0 Å². The van der Waals surface area contributed by atoms with Crippen molar-refractivity contribution in [3.63, 3.8) is 0 Å². The molecule has 32 heavy (non-hydrogen) atoms. The van der Waals surface area contributed by atoms with E-state index in [4.69, 9.17) is 4.74 Å². The number of carbonyl (C=O) groups is 1. The van der Waals surface area contributed by atoms with E-state index in [0.29, 0.717) is 11.7 Å². The molecule has 4 aromatic rings. The fraction of sp³-hybridized carbons (Fsp3) is 0.167. The third-order valence-corrected chi connectivity index (χ3v) is 5.90. The lowest BCUT2D eigenvalue weighted by molar-refractivity contribution is -0.118. The minimum Gasteiger partial charge on any atom is -0.497 e. The lowest BCUT2D eigenvalue weighted by Gasteiger charge is -2.07. The molecule has 0 fully saturated rings. The highest BCUT2D eigenvalue weighted by Gasteiger charge is 2.14. The Bertz CT molecular complexity index is 1250. The normalized spacial score (nSPS) is 11.2. The van der Waals surface area contributed by atoms with Crippen LogP contribution in [0.2, 0.25) is 0 Å². The van der Waals surface area contributed by atoms with E-state index in [1.54, 1.807) is 13.3 Å². The lowest BCUT2D eigenvalue weighted by Crippen LogP contribution is -2.20. The number of nitrogens with zero attached hydrogens (tertiary/aromatic N) is 4. The topological polar surface area (TPSA) is 81.4 Å². The van der Waals surface area contributed by atoms with Gasteiger partial charge >= 0.3 is 0 Å². The molecule has 3 aromatic carbocycles. The number of methoxy groups -OCH3 is 1. The van der Waals surface area contributed by atoms with Crippen LogP contribution in [-0.4, -0.2) is 39.7 Å². The Morgan fingerprint density at radius 2 is 1.88 bits per heavy atom. The second-order valence-electron chi connectivity index (χ2n) is 6.93. The fourth-order valence-corrected chi connectivity index (χ4v) is 4.13. The third-order valence-electron chi connectivity index (χ3n) is 4.93. The number of fused-ring (bicyclic) bond motifs is 1. The number of aromatic nitrogens is 3. The summed E-state index contributed by atoms with van der Waals surface area (Å²) in [6.45, 7) is 2.71. The lowest BCUT2D eigenvalue weighted by atomic mass is 10.1. The van der Waals surface area contributed by atoms with Crippen molar-refractivity contribution >= 4 is 34.7 Å². The maximum atomic E-state index is 12.3. The van der Waals surface area contributed by atoms with Gasteiger partial charge in [0.25, 0.3) is 5.91 Å². The van der Waals surface area contributed by atoms with Crippen LogP contribution < -0.4 is 10.2 Å². The molecule has 7 nitrogen and oxygen atoms in total. The van der Waals surface area contributed by atoms with Crippen molar-refractivity contribution in [2.45, 2.75) is 18.6 Å². The van der Waals surface area contributed by atoms with Gasteiger partial charge in [-0.3, -0.25) is 4.79 Å². The van der Waals surface area contributed by atoms with E-state index in [0.717, 1.165) is 33.5 Å². The Balaban J connectivity index is 1.38. The Labute approximate surface area is 190 Å². The summed E-state index contributed by atoms with van der Waals surface area (Å²) in [4.78, 5) is 12.3. The van der Waals surface area contributed by atoms with E-state index < -0.39 is 0 Å². The molecule has 0 radical (unpaired) electrons. The molecular weight excluding hydrogens is 422 g/mol. The van der Waals surface area contributed by atoms with Crippen molar-refractivity contribution in [3.8, 4) is 17.1 Å². The van der Waals surface area contributed by atoms with Gasteiger partial charge in [-0.1, -0.05) is 54.2 Å². The monoisotopic (exact) mass is 445 g/mol. The fourth-order valence-electron chi connectivity index (χ4n) is 3.33. The smallest absolute Gasteiger partial charge is 0.250 e. The molecule has 1 aromatic heterocycles. The molecule has 0 aliphatic carbocycles. The van der Waals surface area contributed by atoms with E-state index in [1.807, 2.05) is 78.2 Å². The number of carbonyl (C=O) groups excluding carboxylic acids is 1. The molecule has 8 heteroatoms. The van der Waals surface area contributed by atoms with Gasteiger partial charge in [0.1, 0.15) is 5.75 Å². The number of ether oxygens (including phenoxy) is 1. The quantitative estimate of drug-likeness (QED) is 0.247. The van der Waals surface area contributed by atoms with Gasteiger partial charge in [-0.15, -0.1) is 10.2 Å². The van der Waals surface area contributed by atoms with E-state index >= 15 is 0 Å². The minimum absolute atomic E-state index is 0.188. The Morgan fingerprint density at radius 3 is 2.66 bits per heavy atom. The minimum atomic E-state index is -0.205. The summed E-state index contributed by atoms with van der Waals surface area (Å²) in [7, 11) is 1.63. The molecule has 1 N–H and O–H groups in total. The molecule has 0 saturated carbocycles. The summed E-state index contributed by atoms with van der Waals surface area (Å²) >= 11 is 1.33. The summed E-state index contributed by atoms with van der Waals surface area (Å²) in [6, 6.07) is 21.7. The number of benzene rings is 3. The number of amides is 1. The molecule has 1 heterocycles. The summed E-state index contributed by atoms with van der Waals surface area (Å²) in [5, 5.41) is 15.6. The van der Waals surface area contributed by atoms with E-state index in [9.17, 15) is 4.79 Å². The summed E-state index contributed by atoms with van der Waals surface area (Å²) < 4.78 is 7.20. The second-order valence-corrected chi connectivity index (χ2v) is 7.87. The molecule has 0 bridgehead atoms. The number of hydrogen-bond donors (Lipinski definition) is 1. The summed E-state index contributed by atoms with van der Waals surface area (Å²) in [5.74, 6) is 1.52. The van der Waals surface area contributed by atoms with E-state index in [1.165, 1.54) is 11.8 Å². The van der Waals surface area contributed by atoms with Gasteiger partial charge in [-0.05, 0) is 42.0 Å². The first-order valence-electron chi connectivity index (χ1n) is 10.2. The zero-order chi connectivity index (χ0) is 22.3. The van der Waals surface area contributed by atoms with Crippen molar-refractivity contribution in [1.29, 1.82) is 0 Å². The van der Waals surface area contributed by atoms with Crippen molar-refractivity contribution < 1.29 is 9.53 Å². The summed E-state index contributed by atoms with van der Waals surface area (Å²) in [6.07, 6.45) is 1.67. The number of hydrazone groups is 1. The predicted molar refractivity (Wildman–Crippen MR) is 128 cm³/mol. The molecule has 0 atom stereocenters. The van der Waals surface area contributed by atoms with Crippen LogP contribution in [-0.2, 0) is 11.3 Å². The Kier molecular flexibility index (Phi) is 6.81. The first-order chi connectivity index (χ1) is 15.7. The molecule has 1 amide bonds. The SMILES string of the molecule is CCn1c(SCC(=O)N/N=C/c2cccc3ccccc23)nnc1-c1ccc(OC)cc1. The van der Waals surface area contributed by atoms with Gasteiger partial charge in [0, 0.05) is 17.7 Å². The Morgan fingerprint density at radius 1 is 1.09 bits per heavy atom. The first-order valence-corrected chi connectivity index (χ1v) is 11.2. The molecular formula is C24H23N5O2S. The third kappa shape index (κ3) is 4.81. The van der Waals surface area contributed by atoms with E-state index in [-0.39, 0.29) is 11.7 Å². The van der Waals surface area contributed by atoms with Gasteiger partial charge in [-0.25, -0.2) is 5.43 Å². The van der Waals surface area contributed by atoms with Crippen molar-refractivity contribution in [2.24, 2.45) is 5.10 Å². The van der Waals surface area contributed by atoms with Gasteiger partial charge < -0.3 is 9.30 Å². The first kappa shape index (κ1) is 21.6. The highest BCUT2D eigenvalue weighted by Crippen LogP contribution is 2.25. The second kappa shape index (κ2) is 10.1. The number of hydrogen-bond acceptors (Lipinski definition) is 6. The molecule has 0 saturated heterocycles. The van der Waals surface area contributed by atoms with Gasteiger partial charge in [-0.2, -0.15) is 5.10 Å². The standard InChI is InChI=1S/C24H23N5O2S/c1-3-29-23(18-11-13-20(31-2)14-12-18)27-28-24(29)32-16-22(30)26-25-15-19-9-6-8-17-7-4-5-10-21(17)19/h4-15H,3,16H2,1-2H3,(H,26,30)/b25-15+. The summed E-state index contributed by atoms with van der Waals surface area (Å²) in [5.41, 5.74) is 4.48. The number of rotatable bonds is 8. The zero-order valence-corrected chi connectivity index (χ0v) is 18.7. The van der Waals surface area contributed by atoms with Crippen LogP contribution in [0.25, 0.3) is 22.2 Å². The maximum Gasteiger partial charge on any atom is 0.250 e. The maximum absolute atomic E-state index is 12.3. The number of nitrogens with one attached hydrogen (secondary N) is 1. The van der Waals surface area contributed by atoms with Gasteiger partial charge in [0.05, 0.1) is 19.1 Å². The molecule has 0 aliphatic heterocycles. The van der Waals surface area contributed by atoms with Crippen LogP contribution in [0.4, 0.5) is 0 Å². The van der Waals surface area contributed by atoms with Crippen LogP contribution in [0.1, 0.15) is 12.5 Å². The van der Waals surface area contributed by atoms with Gasteiger partial charge in [0.2, 0.25) is 0 Å². The highest BCUT2D eigenvalue weighted by atomic mass is 32.2. The van der Waals surface area contributed by atoms with Crippen LogP contribution >= 0.6 is 11.8 Å². The van der Waals surface area contributed by atoms with Crippen LogP contribution in [0, 0.1) is 0 Å².